The first kappa shape index (κ1) is 13.1. The largest absolute Gasteiger partial charge is 0.346 e. The molecule has 0 radical (unpaired) electrons. The minimum Gasteiger partial charge on any atom is -0.346 e. The van der Waals surface area contributed by atoms with Crippen molar-refractivity contribution in [1.29, 1.82) is 0 Å². The molecule has 0 spiro atoms. The molecule has 0 aliphatic carbocycles. The maximum absolute atomic E-state index is 11.6. The number of piperidine rings is 1. The lowest BCUT2D eigenvalue weighted by molar-refractivity contribution is -0.127. The van der Waals surface area contributed by atoms with E-state index in [4.69, 9.17) is 11.6 Å². The molecule has 104 valence electrons. The molecule has 0 saturated carbocycles. The topological polar surface area (TPSA) is 61.9 Å². The summed E-state index contributed by atoms with van der Waals surface area (Å²) in [5.41, 5.74) is 1.92. The van der Waals surface area contributed by atoms with Crippen molar-refractivity contribution in [2.45, 2.75) is 18.8 Å². The second kappa shape index (κ2) is 5.25. The van der Waals surface area contributed by atoms with Crippen LogP contribution in [0.25, 0.3) is 11.0 Å². The zero-order valence-corrected chi connectivity index (χ0v) is 11.7. The van der Waals surface area contributed by atoms with Crippen molar-refractivity contribution < 1.29 is 4.79 Å². The van der Waals surface area contributed by atoms with Crippen molar-refractivity contribution in [1.82, 2.24) is 19.9 Å². The smallest absolute Gasteiger partial charge is 0.245 e. The predicted octanol–water partition coefficient (Wildman–Crippen LogP) is 2.50. The molecule has 0 aromatic carbocycles. The van der Waals surface area contributed by atoms with Crippen molar-refractivity contribution >= 4 is 28.5 Å². The van der Waals surface area contributed by atoms with Crippen molar-refractivity contribution in [3.63, 3.8) is 0 Å². The number of hydrogen-bond donors (Lipinski definition) is 1. The number of carbonyl (C=O) groups excluding carboxylic acids is 1. The zero-order valence-electron chi connectivity index (χ0n) is 11.0. The molecule has 0 atom stereocenters. The Kier molecular flexibility index (Phi) is 3.44. The summed E-state index contributed by atoms with van der Waals surface area (Å²) in [6.45, 7) is 5.01. The molecule has 3 heterocycles. The van der Waals surface area contributed by atoms with Crippen LogP contribution in [0.1, 0.15) is 24.3 Å². The van der Waals surface area contributed by atoms with Gasteiger partial charge in [0.05, 0.1) is 5.39 Å². The lowest BCUT2D eigenvalue weighted by Gasteiger charge is -2.31. The van der Waals surface area contributed by atoms with Crippen molar-refractivity contribution in [3.05, 3.63) is 35.9 Å². The minimum absolute atomic E-state index is 0.00347. The molecule has 0 unspecified atom stereocenters. The van der Waals surface area contributed by atoms with Crippen LogP contribution in [0, 0.1) is 0 Å². The first-order valence-electron chi connectivity index (χ1n) is 6.59. The summed E-state index contributed by atoms with van der Waals surface area (Å²) in [6, 6.07) is 0. The maximum atomic E-state index is 11.6. The quantitative estimate of drug-likeness (QED) is 0.683. The fraction of sp³-hybridized carbons (Fsp3) is 0.357. The predicted molar refractivity (Wildman–Crippen MR) is 77.7 cm³/mol. The second-order valence-electron chi connectivity index (χ2n) is 4.94. The van der Waals surface area contributed by atoms with Crippen molar-refractivity contribution in [3.8, 4) is 0 Å². The number of H-pyrrole nitrogens is 1. The molecule has 5 nitrogen and oxygen atoms in total. The molecule has 1 N–H and O–H groups in total. The summed E-state index contributed by atoms with van der Waals surface area (Å²) >= 11 is 6.18. The Labute approximate surface area is 121 Å². The van der Waals surface area contributed by atoms with Gasteiger partial charge >= 0.3 is 0 Å². The second-order valence-corrected chi connectivity index (χ2v) is 5.29. The number of hydrogen-bond acceptors (Lipinski definition) is 3. The van der Waals surface area contributed by atoms with Crippen LogP contribution in [-0.2, 0) is 4.79 Å². The number of carbonyl (C=O) groups is 1. The summed E-state index contributed by atoms with van der Waals surface area (Å²) in [5.74, 6) is 0.379. The monoisotopic (exact) mass is 290 g/mol. The van der Waals surface area contributed by atoms with Gasteiger partial charge in [0, 0.05) is 19.3 Å². The van der Waals surface area contributed by atoms with Crippen LogP contribution in [0.3, 0.4) is 0 Å². The van der Waals surface area contributed by atoms with E-state index in [2.05, 4.69) is 21.5 Å². The van der Waals surface area contributed by atoms with Gasteiger partial charge in [-0.1, -0.05) is 18.2 Å². The van der Waals surface area contributed by atoms with Crippen LogP contribution in [0.5, 0.6) is 0 Å². The van der Waals surface area contributed by atoms with E-state index in [9.17, 15) is 4.79 Å². The van der Waals surface area contributed by atoms with Crippen LogP contribution >= 0.6 is 11.6 Å². The lowest BCUT2D eigenvalue weighted by atomic mass is 9.90. The Bertz CT molecular complexity index is 658. The molecule has 0 bridgehead atoms. The fourth-order valence-electron chi connectivity index (χ4n) is 2.81. The van der Waals surface area contributed by atoms with Crippen molar-refractivity contribution in [2.24, 2.45) is 0 Å². The van der Waals surface area contributed by atoms with Gasteiger partial charge in [-0.2, -0.15) is 0 Å². The third kappa shape index (κ3) is 2.18. The van der Waals surface area contributed by atoms with Gasteiger partial charge < -0.3 is 9.88 Å². The Morgan fingerprint density at radius 3 is 2.90 bits per heavy atom. The standard InChI is InChI=1S/C14H15ClN4O/c1-2-11(20)19-5-3-9(4-6-19)10-7-16-14-12(10)13(15)17-8-18-14/h2,7-9H,1,3-6H2,(H,16,17,18). The number of rotatable bonds is 2. The molecule has 1 aliphatic rings. The molecule has 20 heavy (non-hydrogen) atoms. The molecular weight excluding hydrogens is 276 g/mol. The van der Waals surface area contributed by atoms with Gasteiger partial charge in [-0.05, 0) is 30.4 Å². The fourth-order valence-corrected chi connectivity index (χ4v) is 3.05. The van der Waals surface area contributed by atoms with E-state index in [0.29, 0.717) is 11.1 Å². The number of aromatic nitrogens is 3. The number of fused-ring (bicyclic) bond motifs is 1. The lowest BCUT2D eigenvalue weighted by Crippen LogP contribution is -2.36. The van der Waals surface area contributed by atoms with Crippen LogP contribution in [0.2, 0.25) is 5.15 Å². The van der Waals surface area contributed by atoms with Crippen LogP contribution in [0.4, 0.5) is 0 Å². The van der Waals surface area contributed by atoms with E-state index in [1.807, 2.05) is 11.1 Å². The average Bonchev–Trinajstić information content (AvgIpc) is 2.92. The maximum Gasteiger partial charge on any atom is 0.245 e. The highest BCUT2D eigenvalue weighted by atomic mass is 35.5. The Balaban J connectivity index is 1.84. The third-order valence-electron chi connectivity index (χ3n) is 3.88. The summed E-state index contributed by atoms with van der Waals surface area (Å²) in [6.07, 6.45) is 6.61. The molecule has 1 fully saturated rings. The summed E-state index contributed by atoms with van der Waals surface area (Å²) in [7, 11) is 0. The van der Waals surface area contributed by atoms with E-state index >= 15 is 0 Å². The number of amides is 1. The van der Waals surface area contributed by atoms with E-state index in [1.165, 1.54) is 12.4 Å². The summed E-state index contributed by atoms with van der Waals surface area (Å²) in [4.78, 5) is 24.8. The highest BCUT2D eigenvalue weighted by Crippen LogP contribution is 2.34. The number of aromatic amines is 1. The van der Waals surface area contributed by atoms with Crippen LogP contribution < -0.4 is 0 Å². The Hall–Kier alpha value is -1.88. The number of nitrogens with zero attached hydrogens (tertiary/aromatic N) is 3. The van der Waals surface area contributed by atoms with Gasteiger partial charge in [0.2, 0.25) is 5.91 Å². The van der Waals surface area contributed by atoms with Gasteiger partial charge in [0.1, 0.15) is 17.1 Å². The molecular formula is C14H15ClN4O. The molecule has 6 heteroatoms. The van der Waals surface area contributed by atoms with Gasteiger partial charge in [0.25, 0.3) is 0 Å². The number of likely N-dealkylation sites (tertiary alicyclic amines) is 1. The number of halogens is 1. The molecule has 1 saturated heterocycles. The van der Waals surface area contributed by atoms with E-state index < -0.39 is 0 Å². The third-order valence-corrected chi connectivity index (χ3v) is 4.16. The van der Waals surface area contributed by atoms with Gasteiger partial charge in [-0.25, -0.2) is 9.97 Å². The SMILES string of the molecule is C=CC(=O)N1CCC(c2c[nH]c3ncnc(Cl)c23)CC1. The average molecular weight is 291 g/mol. The van der Waals surface area contributed by atoms with Crippen molar-refractivity contribution in [2.75, 3.05) is 13.1 Å². The van der Waals surface area contributed by atoms with E-state index in [-0.39, 0.29) is 5.91 Å². The first-order chi connectivity index (χ1) is 9.70. The number of nitrogens with one attached hydrogen (secondary N) is 1. The summed E-state index contributed by atoms with van der Waals surface area (Å²) < 4.78 is 0. The summed E-state index contributed by atoms with van der Waals surface area (Å²) in [5, 5.41) is 1.39. The van der Waals surface area contributed by atoms with E-state index in [1.54, 1.807) is 0 Å². The molecule has 2 aromatic heterocycles. The highest BCUT2D eigenvalue weighted by molar-refractivity contribution is 6.34. The Morgan fingerprint density at radius 1 is 1.45 bits per heavy atom. The van der Waals surface area contributed by atoms with Gasteiger partial charge in [0.15, 0.2) is 0 Å². The minimum atomic E-state index is 0.00347. The van der Waals surface area contributed by atoms with Gasteiger partial charge in [-0.3, -0.25) is 4.79 Å². The molecule has 2 aromatic rings. The molecule has 3 rings (SSSR count). The zero-order chi connectivity index (χ0) is 14.1. The molecule has 1 aliphatic heterocycles. The van der Waals surface area contributed by atoms with Crippen LogP contribution in [0.15, 0.2) is 25.2 Å². The van der Waals surface area contributed by atoms with E-state index in [0.717, 1.165) is 42.5 Å². The normalized spacial score (nSPS) is 16.6. The molecule has 1 amide bonds. The Morgan fingerprint density at radius 2 is 2.20 bits per heavy atom. The highest BCUT2D eigenvalue weighted by Gasteiger charge is 2.25. The van der Waals surface area contributed by atoms with Gasteiger partial charge in [-0.15, -0.1) is 0 Å². The van der Waals surface area contributed by atoms with Crippen LogP contribution in [-0.4, -0.2) is 38.8 Å². The first-order valence-corrected chi connectivity index (χ1v) is 6.97.